The lowest BCUT2D eigenvalue weighted by Crippen LogP contribution is -3.13. The van der Waals surface area contributed by atoms with E-state index in [1.807, 2.05) is 36.6 Å². The summed E-state index contributed by atoms with van der Waals surface area (Å²) in [5.74, 6) is 0.763. The van der Waals surface area contributed by atoms with Crippen molar-refractivity contribution in [3.8, 4) is 5.75 Å². The molecule has 3 rings (SSSR count). The normalized spacial score (nSPS) is 19.9. The van der Waals surface area contributed by atoms with Crippen LogP contribution >= 0.6 is 11.3 Å². The maximum atomic E-state index is 12.4. The predicted molar refractivity (Wildman–Crippen MR) is 104 cm³/mol. The molecule has 0 bridgehead atoms. The van der Waals surface area contributed by atoms with Gasteiger partial charge >= 0.3 is 0 Å². The van der Waals surface area contributed by atoms with Crippen LogP contribution in [0.3, 0.4) is 0 Å². The second kappa shape index (κ2) is 9.14. The summed E-state index contributed by atoms with van der Waals surface area (Å²) >= 11 is 1.62. The highest BCUT2D eigenvalue weighted by Gasteiger charge is 2.23. The molecule has 1 aliphatic heterocycles. The van der Waals surface area contributed by atoms with Crippen molar-refractivity contribution >= 4 is 17.2 Å². The van der Waals surface area contributed by atoms with Crippen molar-refractivity contribution in [3.05, 3.63) is 45.9 Å². The van der Waals surface area contributed by atoms with Crippen LogP contribution in [0.2, 0.25) is 0 Å². The molecular formula is C20H28N3O2S+. The van der Waals surface area contributed by atoms with E-state index >= 15 is 0 Å². The summed E-state index contributed by atoms with van der Waals surface area (Å²) in [6.45, 7) is 8.21. The van der Waals surface area contributed by atoms with Crippen LogP contribution in [-0.2, 0) is 6.61 Å². The maximum absolute atomic E-state index is 12.4. The zero-order valence-electron chi connectivity index (χ0n) is 15.6. The van der Waals surface area contributed by atoms with Crippen LogP contribution in [0.1, 0.15) is 47.2 Å². The Labute approximate surface area is 159 Å². The average Bonchev–Trinajstić information content (AvgIpc) is 3.07. The number of piperidine rings is 1. The smallest absolute Gasteiger partial charge is 0.251 e. The van der Waals surface area contributed by atoms with Crippen LogP contribution < -0.4 is 15.0 Å². The molecule has 1 aromatic heterocycles. The quantitative estimate of drug-likeness (QED) is 0.781. The molecule has 1 saturated heterocycles. The molecule has 1 amide bonds. The number of benzene rings is 1. The first-order valence-corrected chi connectivity index (χ1v) is 10.3. The standard InChI is InChI=1S/C20H27N3O2S/c1-3-10-23-11-8-17(9-12-23)22-20(24)16-4-6-19(7-5-16)25-13-18-14-26-15(2)21-18/h4-7,14,17H,3,8-13H2,1-2H3,(H,22,24)/p+1. The topological polar surface area (TPSA) is 55.7 Å². The molecule has 0 saturated carbocycles. The summed E-state index contributed by atoms with van der Waals surface area (Å²) in [4.78, 5) is 18.5. The number of amides is 1. The van der Waals surface area contributed by atoms with Gasteiger partial charge in [-0.2, -0.15) is 0 Å². The minimum Gasteiger partial charge on any atom is -0.487 e. The first-order valence-electron chi connectivity index (χ1n) is 9.42. The third-order valence-electron chi connectivity index (χ3n) is 4.80. The summed E-state index contributed by atoms with van der Waals surface area (Å²) in [5.41, 5.74) is 1.62. The molecule has 2 N–H and O–H groups in total. The average molecular weight is 375 g/mol. The number of hydrogen-bond acceptors (Lipinski definition) is 4. The summed E-state index contributed by atoms with van der Waals surface area (Å²) in [5, 5.41) is 6.22. The molecule has 1 aliphatic rings. The van der Waals surface area contributed by atoms with Gasteiger partial charge < -0.3 is 15.0 Å². The zero-order chi connectivity index (χ0) is 18.4. The number of aryl methyl sites for hydroxylation is 1. The van der Waals surface area contributed by atoms with Crippen LogP contribution in [0.5, 0.6) is 5.75 Å². The number of thiazole rings is 1. The Bertz CT molecular complexity index is 706. The van der Waals surface area contributed by atoms with E-state index in [1.54, 1.807) is 16.2 Å². The number of aromatic nitrogens is 1. The molecular weight excluding hydrogens is 346 g/mol. The highest BCUT2D eigenvalue weighted by atomic mass is 32.1. The first-order chi connectivity index (χ1) is 12.6. The number of rotatable bonds is 7. The van der Waals surface area contributed by atoms with Gasteiger partial charge in [-0.3, -0.25) is 4.79 Å². The van der Waals surface area contributed by atoms with Gasteiger partial charge in [0.1, 0.15) is 12.4 Å². The lowest BCUT2D eigenvalue weighted by Gasteiger charge is -2.29. The van der Waals surface area contributed by atoms with Crippen molar-refractivity contribution in [2.24, 2.45) is 0 Å². The number of quaternary nitrogens is 1. The molecule has 6 heteroatoms. The minimum atomic E-state index is 0.00983. The monoisotopic (exact) mass is 374 g/mol. The fourth-order valence-corrected chi connectivity index (χ4v) is 3.97. The second-order valence-corrected chi connectivity index (χ2v) is 7.98. The fraction of sp³-hybridized carbons (Fsp3) is 0.500. The Hall–Kier alpha value is -1.92. The largest absolute Gasteiger partial charge is 0.487 e. The first kappa shape index (κ1) is 18.9. The van der Waals surface area contributed by atoms with Gasteiger partial charge in [0.15, 0.2) is 0 Å². The SMILES string of the molecule is CCC[NH+]1CCC(NC(=O)c2ccc(OCc3csc(C)n3)cc2)CC1. The number of carbonyl (C=O) groups is 1. The number of ether oxygens (including phenoxy) is 1. The third kappa shape index (κ3) is 5.29. The lowest BCUT2D eigenvalue weighted by atomic mass is 10.0. The third-order valence-corrected chi connectivity index (χ3v) is 5.62. The van der Waals surface area contributed by atoms with E-state index in [2.05, 4.69) is 17.2 Å². The molecule has 5 nitrogen and oxygen atoms in total. The van der Waals surface area contributed by atoms with Gasteiger partial charge in [-0.1, -0.05) is 6.92 Å². The number of nitrogens with zero attached hydrogens (tertiary/aromatic N) is 1. The van der Waals surface area contributed by atoms with Gasteiger partial charge in [0, 0.05) is 29.8 Å². The molecule has 0 aliphatic carbocycles. The molecule has 0 atom stereocenters. The van der Waals surface area contributed by atoms with E-state index in [-0.39, 0.29) is 5.91 Å². The second-order valence-electron chi connectivity index (χ2n) is 6.92. The Morgan fingerprint density at radius 1 is 1.31 bits per heavy atom. The van der Waals surface area contributed by atoms with Crippen LogP contribution in [0.15, 0.2) is 29.6 Å². The highest BCUT2D eigenvalue weighted by Crippen LogP contribution is 2.16. The van der Waals surface area contributed by atoms with Crippen molar-refractivity contribution in [2.75, 3.05) is 19.6 Å². The molecule has 0 radical (unpaired) electrons. The summed E-state index contributed by atoms with van der Waals surface area (Å²) in [6, 6.07) is 7.65. The Morgan fingerprint density at radius 3 is 2.65 bits per heavy atom. The number of nitrogens with one attached hydrogen (secondary N) is 2. The van der Waals surface area contributed by atoms with Gasteiger partial charge in [-0.05, 0) is 37.6 Å². The summed E-state index contributed by atoms with van der Waals surface area (Å²) in [6.07, 6.45) is 3.35. The molecule has 1 aromatic carbocycles. The van der Waals surface area contributed by atoms with Crippen molar-refractivity contribution < 1.29 is 14.4 Å². The van der Waals surface area contributed by atoms with Crippen molar-refractivity contribution in [2.45, 2.75) is 45.8 Å². The molecule has 26 heavy (non-hydrogen) atoms. The predicted octanol–water partition coefficient (Wildman–Crippen LogP) is 2.22. The molecule has 140 valence electrons. The van der Waals surface area contributed by atoms with Crippen LogP contribution in [0.25, 0.3) is 0 Å². The van der Waals surface area contributed by atoms with Crippen LogP contribution in [0.4, 0.5) is 0 Å². The van der Waals surface area contributed by atoms with Crippen molar-refractivity contribution in [1.29, 1.82) is 0 Å². The Balaban J connectivity index is 1.46. The molecule has 0 spiro atoms. The van der Waals surface area contributed by atoms with Gasteiger partial charge in [0.05, 0.1) is 30.3 Å². The number of likely N-dealkylation sites (tertiary alicyclic amines) is 1. The minimum absolute atomic E-state index is 0.00983. The van der Waals surface area contributed by atoms with Gasteiger partial charge in [0.2, 0.25) is 0 Å². The van der Waals surface area contributed by atoms with E-state index in [4.69, 9.17) is 4.74 Å². The Kier molecular flexibility index (Phi) is 6.63. The van der Waals surface area contributed by atoms with Crippen LogP contribution in [0, 0.1) is 6.92 Å². The van der Waals surface area contributed by atoms with E-state index in [0.29, 0.717) is 18.2 Å². The molecule has 1 fully saturated rings. The zero-order valence-corrected chi connectivity index (χ0v) is 16.4. The number of hydrogen-bond donors (Lipinski definition) is 2. The van der Waals surface area contributed by atoms with Crippen LogP contribution in [-0.4, -0.2) is 36.6 Å². The van der Waals surface area contributed by atoms with E-state index in [9.17, 15) is 4.79 Å². The molecule has 2 heterocycles. The Morgan fingerprint density at radius 2 is 2.04 bits per heavy atom. The van der Waals surface area contributed by atoms with Crippen molar-refractivity contribution in [3.63, 3.8) is 0 Å². The van der Waals surface area contributed by atoms with Gasteiger partial charge in [-0.15, -0.1) is 11.3 Å². The summed E-state index contributed by atoms with van der Waals surface area (Å²) in [7, 11) is 0. The van der Waals surface area contributed by atoms with E-state index < -0.39 is 0 Å². The van der Waals surface area contributed by atoms with Gasteiger partial charge in [0.25, 0.3) is 5.91 Å². The maximum Gasteiger partial charge on any atom is 0.251 e. The highest BCUT2D eigenvalue weighted by molar-refractivity contribution is 7.09. The summed E-state index contributed by atoms with van der Waals surface area (Å²) < 4.78 is 5.73. The molecule has 0 unspecified atom stereocenters. The van der Waals surface area contributed by atoms with Crippen molar-refractivity contribution in [1.82, 2.24) is 10.3 Å². The van der Waals surface area contributed by atoms with E-state index in [0.717, 1.165) is 42.4 Å². The lowest BCUT2D eigenvalue weighted by molar-refractivity contribution is -0.905. The molecule has 2 aromatic rings. The van der Waals surface area contributed by atoms with E-state index in [1.165, 1.54) is 13.0 Å². The number of carbonyl (C=O) groups excluding carboxylic acids is 1. The fourth-order valence-electron chi connectivity index (χ4n) is 3.38. The van der Waals surface area contributed by atoms with Gasteiger partial charge in [-0.25, -0.2) is 4.98 Å².